The molecule has 5 heteroatoms. The Morgan fingerprint density at radius 2 is 1.93 bits per heavy atom. The smallest absolute Gasteiger partial charge is 0.161 e. The van der Waals surface area contributed by atoms with E-state index in [1.54, 1.807) is 7.11 Å². The van der Waals surface area contributed by atoms with E-state index in [1.807, 2.05) is 37.3 Å². The lowest BCUT2D eigenvalue weighted by molar-refractivity contribution is 0.111. The van der Waals surface area contributed by atoms with Crippen molar-refractivity contribution in [3.8, 4) is 11.5 Å². The Balaban J connectivity index is 1.88. The standard InChI is InChI=1S/C22H26N2O3/c1-3-27-21-11-16-17-10-15(25)8-9-19(17)24-22(18(16)12-20(21)26-2)13-4-6-14(23)7-5-13/h4-7,11-12,15,17,19,25H,3,8-10,23H2,1-2H3. The zero-order valence-corrected chi connectivity index (χ0v) is 15.8. The number of aliphatic hydroxyl groups excluding tert-OH is 1. The zero-order valence-electron chi connectivity index (χ0n) is 15.8. The van der Waals surface area contributed by atoms with Crippen LogP contribution in [-0.4, -0.2) is 36.7 Å². The average molecular weight is 366 g/mol. The molecular formula is C22H26N2O3. The number of aliphatic imine (C=N–C) groups is 1. The predicted molar refractivity (Wildman–Crippen MR) is 107 cm³/mol. The largest absolute Gasteiger partial charge is 0.493 e. The molecule has 5 nitrogen and oxygen atoms in total. The molecular weight excluding hydrogens is 340 g/mol. The Bertz CT molecular complexity index is 861. The summed E-state index contributed by atoms with van der Waals surface area (Å²) in [4.78, 5) is 5.10. The van der Waals surface area contributed by atoms with Gasteiger partial charge in [-0.3, -0.25) is 4.99 Å². The van der Waals surface area contributed by atoms with Gasteiger partial charge in [0.15, 0.2) is 11.5 Å². The van der Waals surface area contributed by atoms with Crippen LogP contribution in [-0.2, 0) is 0 Å². The van der Waals surface area contributed by atoms with Gasteiger partial charge < -0.3 is 20.3 Å². The maximum absolute atomic E-state index is 10.2. The van der Waals surface area contributed by atoms with Crippen molar-refractivity contribution in [2.24, 2.45) is 4.99 Å². The maximum atomic E-state index is 10.2. The average Bonchev–Trinajstić information content (AvgIpc) is 2.68. The number of nitrogen functional groups attached to an aromatic ring is 1. The second kappa shape index (κ2) is 7.24. The van der Waals surface area contributed by atoms with E-state index in [0.29, 0.717) is 12.4 Å². The van der Waals surface area contributed by atoms with Crippen molar-refractivity contribution in [1.29, 1.82) is 0 Å². The third kappa shape index (κ3) is 3.28. The van der Waals surface area contributed by atoms with Crippen LogP contribution in [0.2, 0.25) is 0 Å². The molecule has 2 aromatic rings. The van der Waals surface area contributed by atoms with Crippen LogP contribution in [0.1, 0.15) is 48.8 Å². The lowest BCUT2D eigenvalue weighted by atomic mass is 9.74. The van der Waals surface area contributed by atoms with Gasteiger partial charge in [0, 0.05) is 22.7 Å². The molecule has 142 valence electrons. The van der Waals surface area contributed by atoms with E-state index in [2.05, 4.69) is 6.07 Å². The van der Waals surface area contributed by atoms with Crippen molar-refractivity contribution in [2.45, 2.75) is 44.2 Å². The van der Waals surface area contributed by atoms with Crippen LogP contribution in [0, 0.1) is 0 Å². The van der Waals surface area contributed by atoms with Gasteiger partial charge in [0.25, 0.3) is 0 Å². The van der Waals surface area contributed by atoms with E-state index >= 15 is 0 Å². The van der Waals surface area contributed by atoms with Gasteiger partial charge in [0.1, 0.15) is 0 Å². The number of rotatable bonds is 4. The predicted octanol–water partition coefficient (Wildman–Crippen LogP) is 3.52. The lowest BCUT2D eigenvalue weighted by Crippen LogP contribution is -2.34. The molecule has 3 unspecified atom stereocenters. The first-order valence-corrected chi connectivity index (χ1v) is 9.57. The van der Waals surface area contributed by atoms with Gasteiger partial charge in [0.2, 0.25) is 0 Å². The van der Waals surface area contributed by atoms with Crippen LogP contribution in [0.15, 0.2) is 41.4 Å². The number of hydrogen-bond acceptors (Lipinski definition) is 5. The third-order valence-corrected chi connectivity index (χ3v) is 5.56. The molecule has 1 heterocycles. The van der Waals surface area contributed by atoms with E-state index in [1.165, 1.54) is 5.56 Å². The first kappa shape index (κ1) is 17.9. The van der Waals surface area contributed by atoms with Crippen molar-refractivity contribution in [1.82, 2.24) is 0 Å². The monoisotopic (exact) mass is 366 g/mol. The molecule has 3 N–H and O–H groups in total. The molecule has 2 aliphatic rings. The number of benzene rings is 2. The highest BCUT2D eigenvalue weighted by atomic mass is 16.5. The van der Waals surface area contributed by atoms with E-state index in [0.717, 1.165) is 47.5 Å². The SMILES string of the molecule is CCOc1cc2c(cc1OC)C(c1ccc(N)cc1)=NC1CCC(O)CC21. The second-order valence-electron chi connectivity index (χ2n) is 7.26. The molecule has 2 aromatic carbocycles. The number of nitrogens with zero attached hydrogens (tertiary/aromatic N) is 1. The minimum atomic E-state index is -0.273. The van der Waals surface area contributed by atoms with E-state index in [4.69, 9.17) is 20.2 Å². The molecule has 1 aliphatic carbocycles. The molecule has 0 radical (unpaired) electrons. The third-order valence-electron chi connectivity index (χ3n) is 5.56. The molecule has 0 spiro atoms. The van der Waals surface area contributed by atoms with Crippen LogP contribution in [0.4, 0.5) is 5.69 Å². The second-order valence-corrected chi connectivity index (χ2v) is 7.26. The minimum absolute atomic E-state index is 0.177. The normalized spacial score (nSPS) is 23.8. The highest BCUT2D eigenvalue weighted by molar-refractivity contribution is 6.15. The molecule has 1 fully saturated rings. The molecule has 27 heavy (non-hydrogen) atoms. The number of anilines is 1. The first-order chi connectivity index (χ1) is 13.1. The number of aliphatic hydroxyl groups is 1. The van der Waals surface area contributed by atoms with Gasteiger partial charge in [-0.2, -0.15) is 0 Å². The fraction of sp³-hybridized carbons (Fsp3) is 0.409. The number of nitrogens with two attached hydrogens (primary N) is 1. The Morgan fingerprint density at radius 1 is 1.15 bits per heavy atom. The summed E-state index contributed by atoms with van der Waals surface area (Å²) in [5.74, 6) is 1.65. The molecule has 0 bridgehead atoms. The van der Waals surface area contributed by atoms with Crippen LogP contribution < -0.4 is 15.2 Å². The summed E-state index contributed by atoms with van der Waals surface area (Å²) in [6, 6.07) is 12.1. The number of hydrogen-bond donors (Lipinski definition) is 2. The Labute approximate surface area is 159 Å². The fourth-order valence-corrected chi connectivity index (χ4v) is 4.24. The van der Waals surface area contributed by atoms with E-state index in [-0.39, 0.29) is 18.1 Å². The Kier molecular flexibility index (Phi) is 4.79. The lowest BCUT2D eigenvalue weighted by Gasteiger charge is -2.37. The van der Waals surface area contributed by atoms with Crippen LogP contribution >= 0.6 is 0 Å². The highest BCUT2D eigenvalue weighted by Gasteiger charge is 2.37. The van der Waals surface area contributed by atoms with Gasteiger partial charge in [-0.1, -0.05) is 12.1 Å². The summed E-state index contributed by atoms with van der Waals surface area (Å²) in [7, 11) is 1.65. The van der Waals surface area contributed by atoms with Gasteiger partial charge >= 0.3 is 0 Å². The summed E-state index contributed by atoms with van der Waals surface area (Å²) in [5, 5.41) is 10.2. The molecule has 4 rings (SSSR count). The van der Waals surface area contributed by atoms with E-state index < -0.39 is 0 Å². The summed E-state index contributed by atoms with van der Waals surface area (Å²) in [6.45, 7) is 2.54. The van der Waals surface area contributed by atoms with Gasteiger partial charge in [-0.05, 0) is 56.0 Å². The van der Waals surface area contributed by atoms with Crippen LogP contribution in [0.25, 0.3) is 0 Å². The topological polar surface area (TPSA) is 77.1 Å². The molecule has 0 amide bonds. The van der Waals surface area contributed by atoms with Crippen LogP contribution in [0.5, 0.6) is 11.5 Å². The number of fused-ring (bicyclic) bond motifs is 3. The van der Waals surface area contributed by atoms with Crippen molar-refractivity contribution < 1.29 is 14.6 Å². The Hall–Kier alpha value is -2.53. The molecule has 0 aromatic heterocycles. The van der Waals surface area contributed by atoms with Crippen molar-refractivity contribution >= 4 is 11.4 Å². The molecule has 0 saturated heterocycles. The summed E-state index contributed by atoms with van der Waals surface area (Å²) in [6.07, 6.45) is 2.14. The van der Waals surface area contributed by atoms with Gasteiger partial charge in [-0.15, -0.1) is 0 Å². The van der Waals surface area contributed by atoms with Crippen LogP contribution in [0.3, 0.4) is 0 Å². The fourth-order valence-electron chi connectivity index (χ4n) is 4.24. The molecule has 1 aliphatic heterocycles. The quantitative estimate of drug-likeness (QED) is 0.812. The van der Waals surface area contributed by atoms with Crippen molar-refractivity contribution in [3.63, 3.8) is 0 Å². The highest BCUT2D eigenvalue weighted by Crippen LogP contribution is 2.44. The van der Waals surface area contributed by atoms with Gasteiger partial charge in [-0.25, -0.2) is 0 Å². The summed E-state index contributed by atoms with van der Waals surface area (Å²) < 4.78 is 11.4. The Morgan fingerprint density at radius 3 is 2.63 bits per heavy atom. The summed E-state index contributed by atoms with van der Waals surface area (Å²) in [5.41, 5.74) is 10.8. The maximum Gasteiger partial charge on any atom is 0.161 e. The summed E-state index contributed by atoms with van der Waals surface area (Å²) >= 11 is 0. The van der Waals surface area contributed by atoms with Gasteiger partial charge in [0.05, 0.1) is 31.6 Å². The molecule has 1 saturated carbocycles. The van der Waals surface area contributed by atoms with Crippen molar-refractivity contribution in [2.75, 3.05) is 19.5 Å². The number of ether oxygens (including phenoxy) is 2. The zero-order chi connectivity index (χ0) is 19.0. The first-order valence-electron chi connectivity index (χ1n) is 9.57. The minimum Gasteiger partial charge on any atom is -0.493 e. The molecule has 3 atom stereocenters. The number of methoxy groups -OCH3 is 1. The van der Waals surface area contributed by atoms with Crippen molar-refractivity contribution in [3.05, 3.63) is 53.1 Å². The van der Waals surface area contributed by atoms with E-state index in [9.17, 15) is 5.11 Å².